The Morgan fingerprint density at radius 2 is 1.67 bits per heavy atom. The number of sulfonamides is 1. The first-order valence-electron chi connectivity index (χ1n) is 8.91. The average molecular weight is 446 g/mol. The van der Waals surface area contributed by atoms with Crippen LogP contribution in [0.15, 0.2) is 53.4 Å². The van der Waals surface area contributed by atoms with E-state index in [1.807, 2.05) is 0 Å². The fourth-order valence-electron chi connectivity index (χ4n) is 2.95. The van der Waals surface area contributed by atoms with E-state index in [0.717, 1.165) is 22.5 Å². The molecule has 0 spiro atoms. The molecule has 6 nitrogen and oxygen atoms in total. The van der Waals surface area contributed by atoms with Crippen LogP contribution in [-0.4, -0.2) is 56.3 Å². The molecular formula is C19H18F4N2O4S. The van der Waals surface area contributed by atoms with Crippen molar-refractivity contribution in [2.75, 3.05) is 32.8 Å². The maximum atomic E-state index is 13.5. The Morgan fingerprint density at radius 3 is 2.30 bits per heavy atom. The highest BCUT2D eigenvalue weighted by molar-refractivity contribution is 7.89. The second kappa shape index (κ2) is 8.60. The lowest BCUT2D eigenvalue weighted by Crippen LogP contribution is -2.51. The third-order valence-corrected chi connectivity index (χ3v) is 6.47. The summed E-state index contributed by atoms with van der Waals surface area (Å²) in [7, 11) is -4.14. The van der Waals surface area contributed by atoms with Gasteiger partial charge < -0.3 is 9.64 Å². The average Bonchev–Trinajstić information content (AvgIpc) is 2.72. The molecule has 11 heteroatoms. The predicted molar refractivity (Wildman–Crippen MR) is 98.7 cm³/mol. The second-order valence-electron chi connectivity index (χ2n) is 6.53. The van der Waals surface area contributed by atoms with Crippen molar-refractivity contribution < 1.29 is 35.5 Å². The Bertz CT molecular complexity index is 1020. The number of nitrogens with zero attached hydrogens (tertiary/aromatic N) is 2. The summed E-state index contributed by atoms with van der Waals surface area (Å²) >= 11 is 0. The van der Waals surface area contributed by atoms with Gasteiger partial charge in [-0.15, -0.1) is 0 Å². The fourth-order valence-corrected chi connectivity index (χ4v) is 4.42. The summed E-state index contributed by atoms with van der Waals surface area (Å²) < 4.78 is 83.7. The number of carbonyl (C=O) groups excluding carboxylic acids is 1. The molecule has 30 heavy (non-hydrogen) atoms. The van der Waals surface area contributed by atoms with E-state index < -0.39 is 45.0 Å². The van der Waals surface area contributed by atoms with Crippen LogP contribution >= 0.6 is 0 Å². The van der Waals surface area contributed by atoms with Gasteiger partial charge in [0.1, 0.15) is 0 Å². The summed E-state index contributed by atoms with van der Waals surface area (Å²) in [6.45, 7) is -0.495. The predicted octanol–water partition coefficient (Wildman–Crippen LogP) is 2.76. The highest BCUT2D eigenvalue weighted by atomic mass is 32.2. The molecule has 1 heterocycles. The number of para-hydroxylation sites is 1. The van der Waals surface area contributed by atoms with Crippen molar-refractivity contribution >= 4 is 15.9 Å². The maximum Gasteiger partial charge on any atom is 0.416 e. The van der Waals surface area contributed by atoms with E-state index in [4.69, 9.17) is 4.74 Å². The molecule has 2 aromatic rings. The number of halogens is 4. The first kappa shape index (κ1) is 22.0. The summed E-state index contributed by atoms with van der Waals surface area (Å²) in [5.74, 6) is -1.13. The van der Waals surface area contributed by atoms with Crippen LogP contribution in [0.25, 0.3) is 0 Å². The molecule has 0 saturated carbocycles. The van der Waals surface area contributed by atoms with Gasteiger partial charge >= 0.3 is 6.18 Å². The number of hydrogen-bond donors (Lipinski definition) is 0. The molecule has 0 atom stereocenters. The smallest absolute Gasteiger partial charge is 0.416 e. The number of benzene rings is 2. The van der Waals surface area contributed by atoms with Crippen molar-refractivity contribution in [1.29, 1.82) is 0 Å². The van der Waals surface area contributed by atoms with Crippen LogP contribution in [0.3, 0.4) is 0 Å². The van der Waals surface area contributed by atoms with Crippen molar-refractivity contribution in [3.8, 4) is 5.75 Å². The lowest BCUT2D eigenvalue weighted by Gasteiger charge is -2.34. The molecule has 1 aliphatic rings. The number of amides is 1. The number of hydrogen-bond acceptors (Lipinski definition) is 4. The normalized spacial score (nSPS) is 15.8. The van der Waals surface area contributed by atoms with E-state index in [-0.39, 0.29) is 31.9 Å². The second-order valence-corrected chi connectivity index (χ2v) is 8.47. The van der Waals surface area contributed by atoms with Gasteiger partial charge in [0.05, 0.1) is 10.5 Å². The summed E-state index contributed by atoms with van der Waals surface area (Å²) in [6, 6.07) is 9.13. The maximum absolute atomic E-state index is 13.5. The van der Waals surface area contributed by atoms with Gasteiger partial charge in [-0.1, -0.05) is 18.2 Å². The van der Waals surface area contributed by atoms with Crippen LogP contribution in [0.1, 0.15) is 5.56 Å². The van der Waals surface area contributed by atoms with E-state index >= 15 is 0 Å². The zero-order chi connectivity index (χ0) is 21.9. The summed E-state index contributed by atoms with van der Waals surface area (Å²) in [5.41, 5.74) is -1.05. The van der Waals surface area contributed by atoms with E-state index in [0.29, 0.717) is 6.07 Å². The van der Waals surface area contributed by atoms with Gasteiger partial charge in [-0.2, -0.15) is 17.5 Å². The van der Waals surface area contributed by atoms with E-state index in [9.17, 15) is 30.8 Å². The molecule has 0 unspecified atom stereocenters. The molecule has 0 bridgehead atoms. The van der Waals surface area contributed by atoms with Crippen LogP contribution < -0.4 is 4.74 Å². The quantitative estimate of drug-likeness (QED) is 0.663. The zero-order valence-corrected chi connectivity index (χ0v) is 16.4. The van der Waals surface area contributed by atoms with Crippen LogP contribution in [-0.2, 0) is 21.0 Å². The standard InChI is InChI=1S/C19H18F4N2O4S/c20-16-6-1-2-7-17(16)29-13-18(26)24-8-10-25(11-9-24)30(27,28)15-5-3-4-14(12-15)19(21,22)23/h1-7,12H,8-11,13H2. The van der Waals surface area contributed by atoms with Crippen LogP contribution in [0.2, 0.25) is 0 Å². The minimum absolute atomic E-state index is 0.0393. The van der Waals surface area contributed by atoms with Gasteiger partial charge in [0.2, 0.25) is 10.0 Å². The Morgan fingerprint density at radius 1 is 1.00 bits per heavy atom. The van der Waals surface area contributed by atoms with Gasteiger partial charge in [-0.3, -0.25) is 4.79 Å². The Kier molecular flexibility index (Phi) is 6.32. The van der Waals surface area contributed by atoms with Gasteiger partial charge in [0.15, 0.2) is 18.2 Å². The lowest BCUT2D eigenvalue weighted by molar-refractivity contribution is -0.138. The van der Waals surface area contributed by atoms with E-state index in [2.05, 4.69) is 0 Å². The number of piperazine rings is 1. The third kappa shape index (κ3) is 4.90. The van der Waals surface area contributed by atoms with Crippen LogP contribution in [0.4, 0.5) is 17.6 Å². The van der Waals surface area contributed by atoms with Crippen molar-refractivity contribution in [3.05, 3.63) is 59.9 Å². The van der Waals surface area contributed by atoms with Gasteiger partial charge in [0, 0.05) is 26.2 Å². The van der Waals surface area contributed by atoms with Gasteiger partial charge in [0.25, 0.3) is 5.91 Å². The van der Waals surface area contributed by atoms with Crippen LogP contribution in [0, 0.1) is 5.82 Å². The number of ether oxygens (including phenoxy) is 1. The van der Waals surface area contributed by atoms with E-state index in [1.165, 1.54) is 23.1 Å². The highest BCUT2D eigenvalue weighted by Crippen LogP contribution is 2.31. The molecule has 0 aliphatic carbocycles. The molecule has 0 radical (unpaired) electrons. The molecule has 1 aliphatic heterocycles. The number of alkyl halides is 3. The summed E-state index contributed by atoms with van der Waals surface area (Å²) in [4.78, 5) is 13.2. The molecule has 1 fully saturated rings. The Balaban J connectivity index is 1.61. The molecule has 2 aromatic carbocycles. The topological polar surface area (TPSA) is 66.9 Å². The van der Waals surface area contributed by atoms with Crippen molar-refractivity contribution in [3.63, 3.8) is 0 Å². The molecule has 1 amide bonds. The van der Waals surface area contributed by atoms with Crippen LogP contribution in [0.5, 0.6) is 5.75 Å². The minimum atomic E-state index is -4.66. The first-order valence-corrected chi connectivity index (χ1v) is 10.4. The lowest BCUT2D eigenvalue weighted by atomic mass is 10.2. The zero-order valence-electron chi connectivity index (χ0n) is 15.6. The number of carbonyl (C=O) groups is 1. The summed E-state index contributed by atoms with van der Waals surface area (Å²) in [6.07, 6.45) is -4.66. The molecular weight excluding hydrogens is 428 g/mol. The minimum Gasteiger partial charge on any atom is -0.481 e. The largest absolute Gasteiger partial charge is 0.481 e. The van der Waals surface area contributed by atoms with Crippen molar-refractivity contribution in [2.45, 2.75) is 11.1 Å². The van der Waals surface area contributed by atoms with Gasteiger partial charge in [-0.25, -0.2) is 12.8 Å². The Hall–Kier alpha value is -2.66. The first-order chi connectivity index (χ1) is 14.1. The SMILES string of the molecule is O=C(COc1ccccc1F)N1CCN(S(=O)(=O)c2cccc(C(F)(F)F)c2)CC1. The van der Waals surface area contributed by atoms with Crippen molar-refractivity contribution in [2.24, 2.45) is 0 Å². The Labute approximate surface area is 170 Å². The molecule has 162 valence electrons. The van der Waals surface area contributed by atoms with Crippen molar-refractivity contribution in [1.82, 2.24) is 9.21 Å². The molecule has 3 rings (SSSR count). The number of rotatable bonds is 5. The third-order valence-electron chi connectivity index (χ3n) is 4.58. The molecule has 0 N–H and O–H groups in total. The highest BCUT2D eigenvalue weighted by Gasteiger charge is 2.34. The summed E-state index contributed by atoms with van der Waals surface area (Å²) in [5, 5.41) is 0. The molecule has 0 aromatic heterocycles. The van der Waals surface area contributed by atoms with Gasteiger partial charge in [-0.05, 0) is 30.3 Å². The fraction of sp³-hybridized carbons (Fsp3) is 0.316. The molecule has 1 saturated heterocycles. The monoisotopic (exact) mass is 446 g/mol. The van der Waals surface area contributed by atoms with E-state index in [1.54, 1.807) is 6.07 Å².